The number of ether oxygens (including phenoxy) is 1. The first-order chi connectivity index (χ1) is 9.49. The van der Waals surface area contributed by atoms with Crippen LogP contribution < -0.4 is 15.8 Å². The molecule has 0 saturated heterocycles. The molecule has 0 unspecified atom stereocenters. The molecule has 0 aliphatic rings. The van der Waals surface area contributed by atoms with Crippen LogP contribution in [0.5, 0.6) is 5.75 Å². The summed E-state index contributed by atoms with van der Waals surface area (Å²) in [5.74, 6) is 0.219. The van der Waals surface area contributed by atoms with Gasteiger partial charge in [0.05, 0.1) is 17.8 Å². The lowest BCUT2D eigenvalue weighted by Crippen LogP contribution is -2.12. The molecule has 0 radical (unpaired) electrons. The number of benzene rings is 2. The predicted molar refractivity (Wildman–Crippen MR) is 84.5 cm³/mol. The molecule has 0 aliphatic carbocycles. The average Bonchev–Trinajstić information content (AvgIpc) is 2.41. The van der Waals surface area contributed by atoms with Gasteiger partial charge in [0.25, 0.3) is 5.91 Å². The van der Waals surface area contributed by atoms with Crippen LogP contribution in [0.4, 0.5) is 11.4 Å². The zero-order chi connectivity index (χ0) is 14.7. The molecule has 2 aromatic rings. The van der Waals surface area contributed by atoms with Crippen LogP contribution in [0.3, 0.4) is 0 Å². The molecule has 0 atom stereocenters. The number of nitrogen functional groups attached to an aromatic ring is 1. The van der Waals surface area contributed by atoms with Crippen LogP contribution >= 0.6 is 27.5 Å². The number of carbonyl (C=O) groups is 1. The minimum atomic E-state index is -0.306. The van der Waals surface area contributed by atoms with Crippen molar-refractivity contribution in [2.45, 2.75) is 0 Å². The molecular weight excluding hydrogens is 344 g/mol. The Hall–Kier alpha value is -1.72. The molecule has 4 nitrogen and oxygen atoms in total. The van der Waals surface area contributed by atoms with Crippen molar-refractivity contribution in [3.05, 3.63) is 51.5 Å². The summed E-state index contributed by atoms with van der Waals surface area (Å²) < 4.78 is 5.92. The van der Waals surface area contributed by atoms with Gasteiger partial charge in [-0.2, -0.15) is 0 Å². The number of hydrogen-bond donors (Lipinski definition) is 2. The number of halogens is 2. The van der Waals surface area contributed by atoms with E-state index in [9.17, 15) is 4.79 Å². The van der Waals surface area contributed by atoms with Gasteiger partial charge in [-0.1, -0.05) is 27.5 Å². The molecule has 0 fully saturated rings. The van der Waals surface area contributed by atoms with Gasteiger partial charge in [-0.3, -0.25) is 4.79 Å². The molecule has 1 amide bonds. The van der Waals surface area contributed by atoms with Crippen LogP contribution in [-0.4, -0.2) is 13.0 Å². The van der Waals surface area contributed by atoms with E-state index in [1.165, 1.54) is 7.11 Å². The monoisotopic (exact) mass is 354 g/mol. The van der Waals surface area contributed by atoms with Crippen LogP contribution in [0.2, 0.25) is 5.02 Å². The number of rotatable bonds is 3. The van der Waals surface area contributed by atoms with Crippen molar-refractivity contribution in [3.8, 4) is 5.75 Å². The molecule has 2 aromatic carbocycles. The summed E-state index contributed by atoms with van der Waals surface area (Å²) in [5.41, 5.74) is 7.11. The second-order valence-electron chi connectivity index (χ2n) is 4.07. The Labute approximate surface area is 130 Å². The van der Waals surface area contributed by atoms with E-state index in [0.717, 1.165) is 4.47 Å². The number of nitrogens with one attached hydrogen (secondary N) is 1. The summed E-state index contributed by atoms with van der Waals surface area (Å²) in [6.07, 6.45) is 0. The van der Waals surface area contributed by atoms with E-state index < -0.39 is 0 Å². The van der Waals surface area contributed by atoms with Crippen molar-refractivity contribution in [1.82, 2.24) is 0 Å². The van der Waals surface area contributed by atoms with E-state index in [1.54, 1.807) is 36.4 Å². The van der Waals surface area contributed by atoms with Gasteiger partial charge in [0.2, 0.25) is 0 Å². The number of amides is 1. The molecule has 0 bridgehead atoms. The third-order valence-electron chi connectivity index (χ3n) is 2.61. The second-order valence-corrected chi connectivity index (χ2v) is 5.40. The maximum atomic E-state index is 12.2. The molecule has 0 saturated carbocycles. The summed E-state index contributed by atoms with van der Waals surface area (Å²) >= 11 is 9.36. The van der Waals surface area contributed by atoms with E-state index in [2.05, 4.69) is 21.2 Å². The van der Waals surface area contributed by atoms with Gasteiger partial charge in [0, 0.05) is 21.8 Å². The quantitative estimate of drug-likeness (QED) is 0.820. The zero-order valence-corrected chi connectivity index (χ0v) is 13.0. The van der Waals surface area contributed by atoms with Crippen molar-refractivity contribution < 1.29 is 9.53 Å². The lowest BCUT2D eigenvalue weighted by Gasteiger charge is -2.09. The van der Waals surface area contributed by atoms with Gasteiger partial charge >= 0.3 is 0 Å². The van der Waals surface area contributed by atoms with Crippen LogP contribution in [-0.2, 0) is 0 Å². The fourth-order valence-corrected chi connectivity index (χ4v) is 2.38. The zero-order valence-electron chi connectivity index (χ0n) is 10.6. The van der Waals surface area contributed by atoms with Gasteiger partial charge < -0.3 is 15.8 Å². The first-order valence-corrected chi connectivity index (χ1v) is 6.87. The third kappa shape index (κ3) is 3.43. The molecule has 2 rings (SSSR count). The lowest BCUT2D eigenvalue weighted by atomic mass is 10.1. The maximum absolute atomic E-state index is 12.2. The molecular formula is C14H12BrClN2O2. The summed E-state index contributed by atoms with van der Waals surface area (Å²) in [4.78, 5) is 12.2. The Morgan fingerprint density at radius 3 is 2.70 bits per heavy atom. The van der Waals surface area contributed by atoms with Gasteiger partial charge in [-0.15, -0.1) is 0 Å². The van der Waals surface area contributed by atoms with Gasteiger partial charge in [0.1, 0.15) is 5.75 Å². The summed E-state index contributed by atoms with van der Waals surface area (Å²) in [5, 5.41) is 3.18. The normalized spacial score (nSPS) is 10.2. The van der Waals surface area contributed by atoms with E-state index in [-0.39, 0.29) is 5.91 Å². The summed E-state index contributed by atoms with van der Waals surface area (Å²) in [6, 6.07) is 10.0. The highest BCUT2D eigenvalue weighted by molar-refractivity contribution is 9.10. The van der Waals surface area contributed by atoms with Crippen LogP contribution in [0.15, 0.2) is 40.9 Å². The van der Waals surface area contributed by atoms with E-state index in [0.29, 0.717) is 27.7 Å². The van der Waals surface area contributed by atoms with Crippen molar-refractivity contribution >= 4 is 44.8 Å². The Morgan fingerprint density at radius 2 is 2.05 bits per heavy atom. The highest BCUT2D eigenvalue weighted by Gasteiger charge is 2.11. The van der Waals surface area contributed by atoms with Crippen molar-refractivity contribution in [3.63, 3.8) is 0 Å². The molecule has 0 spiro atoms. The van der Waals surface area contributed by atoms with Crippen molar-refractivity contribution in [2.24, 2.45) is 0 Å². The Bertz CT molecular complexity index is 662. The second kappa shape index (κ2) is 6.15. The van der Waals surface area contributed by atoms with Crippen LogP contribution in [0.25, 0.3) is 0 Å². The highest BCUT2D eigenvalue weighted by Crippen LogP contribution is 2.26. The predicted octanol–water partition coefficient (Wildman–Crippen LogP) is 3.95. The molecule has 20 heavy (non-hydrogen) atoms. The number of nitrogens with two attached hydrogens (primary N) is 1. The largest absolute Gasteiger partial charge is 0.497 e. The van der Waals surface area contributed by atoms with E-state index >= 15 is 0 Å². The molecule has 0 aliphatic heterocycles. The first-order valence-electron chi connectivity index (χ1n) is 5.70. The number of carbonyl (C=O) groups excluding carboxylic acids is 1. The fourth-order valence-electron chi connectivity index (χ4n) is 1.66. The average molecular weight is 356 g/mol. The fraction of sp³-hybridized carbons (Fsp3) is 0.0714. The summed E-state index contributed by atoms with van der Waals surface area (Å²) in [7, 11) is 1.52. The van der Waals surface area contributed by atoms with E-state index in [4.69, 9.17) is 22.1 Å². The number of hydrogen-bond acceptors (Lipinski definition) is 3. The van der Waals surface area contributed by atoms with Crippen LogP contribution in [0.1, 0.15) is 10.4 Å². The van der Waals surface area contributed by atoms with Gasteiger partial charge in [-0.05, 0) is 30.3 Å². The molecule has 6 heteroatoms. The van der Waals surface area contributed by atoms with Crippen molar-refractivity contribution in [2.75, 3.05) is 18.2 Å². The molecule has 104 valence electrons. The minimum Gasteiger partial charge on any atom is -0.497 e. The Balaban J connectivity index is 2.26. The maximum Gasteiger partial charge on any atom is 0.255 e. The SMILES string of the molecule is COc1cc(N)cc(C(=O)Nc2ccc(Br)cc2Cl)c1. The Morgan fingerprint density at radius 1 is 1.30 bits per heavy atom. The molecule has 0 heterocycles. The topological polar surface area (TPSA) is 64.3 Å². The van der Waals surface area contributed by atoms with Crippen LogP contribution in [0, 0.1) is 0 Å². The third-order valence-corrected chi connectivity index (χ3v) is 3.41. The first kappa shape index (κ1) is 14.7. The van der Waals surface area contributed by atoms with Gasteiger partial charge in [-0.25, -0.2) is 0 Å². The van der Waals surface area contributed by atoms with Gasteiger partial charge in [0.15, 0.2) is 0 Å². The lowest BCUT2D eigenvalue weighted by molar-refractivity contribution is 0.102. The number of methoxy groups -OCH3 is 1. The summed E-state index contributed by atoms with van der Waals surface area (Å²) in [6.45, 7) is 0. The molecule has 0 aromatic heterocycles. The smallest absolute Gasteiger partial charge is 0.255 e. The minimum absolute atomic E-state index is 0.306. The standard InChI is InChI=1S/C14H12BrClN2O2/c1-20-11-5-8(4-10(17)7-11)14(19)18-13-3-2-9(15)6-12(13)16/h2-7H,17H2,1H3,(H,18,19). The van der Waals surface area contributed by atoms with Crippen molar-refractivity contribution in [1.29, 1.82) is 0 Å². The van der Waals surface area contributed by atoms with E-state index in [1.807, 2.05) is 0 Å². The molecule has 3 N–H and O–H groups in total. The Kier molecular flexibility index (Phi) is 4.52. The highest BCUT2D eigenvalue weighted by atomic mass is 79.9. The number of anilines is 2.